The molecular formula is C9H20N2O4. The Morgan fingerprint density at radius 3 is 2.53 bits per heavy atom. The third kappa shape index (κ3) is 11.2. The van der Waals surface area contributed by atoms with Gasteiger partial charge in [-0.3, -0.25) is 4.79 Å². The van der Waals surface area contributed by atoms with E-state index in [1.807, 2.05) is 5.59 Å². The number of carbonyl (C=O) groups excluding carboxylic acids is 1. The smallest absolute Gasteiger partial charge is 0.328 e. The first-order chi connectivity index (χ1) is 7.16. The van der Waals surface area contributed by atoms with Gasteiger partial charge in [0, 0.05) is 6.61 Å². The van der Waals surface area contributed by atoms with Gasteiger partial charge in [0.05, 0.1) is 26.2 Å². The molecule has 0 aromatic rings. The molecule has 0 aromatic heterocycles. The lowest BCUT2D eigenvalue weighted by Gasteiger charge is -2.07. The largest absolute Gasteiger partial charge is 0.379 e. The van der Waals surface area contributed by atoms with E-state index in [9.17, 15) is 4.79 Å². The number of rotatable bonds is 9. The van der Waals surface area contributed by atoms with Gasteiger partial charge in [0.25, 0.3) is 0 Å². The first-order valence-corrected chi connectivity index (χ1v) is 4.97. The number of hydrogen-bond acceptors (Lipinski definition) is 6. The van der Waals surface area contributed by atoms with Crippen molar-refractivity contribution >= 4 is 5.97 Å². The van der Waals surface area contributed by atoms with Crippen LogP contribution in [0.1, 0.15) is 20.3 Å². The maximum Gasteiger partial charge on any atom is 0.328 e. The third-order valence-corrected chi connectivity index (χ3v) is 1.45. The van der Waals surface area contributed by atoms with Crippen LogP contribution in [-0.4, -0.2) is 32.4 Å². The van der Waals surface area contributed by atoms with Gasteiger partial charge in [0.2, 0.25) is 0 Å². The maximum absolute atomic E-state index is 10.7. The molecule has 0 bridgehead atoms. The molecule has 3 N–H and O–H groups in total. The fourth-order valence-corrected chi connectivity index (χ4v) is 0.811. The molecule has 0 aliphatic carbocycles. The minimum atomic E-state index is -0.444. The number of hydrazine groups is 1. The van der Waals surface area contributed by atoms with Crippen LogP contribution in [0, 0.1) is 5.92 Å². The summed E-state index contributed by atoms with van der Waals surface area (Å²) in [7, 11) is 0. The highest BCUT2D eigenvalue weighted by atomic mass is 16.7. The van der Waals surface area contributed by atoms with Crippen molar-refractivity contribution in [2.24, 2.45) is 11.8 Å². The summed E-state index contributed by atoms with van der Waals surface area (Å²) in [6.07, 6.45) is 0.175. The van der Waals surface area contributed by atoms with Gasteiger partial charge in [0.15, 0.2) is 0 Å². The average molecular weight is 220 g/mol. The first kappa shape index (κ1) is 14.3. The lowest BCUT2D eigenvalue weighted by Crippen LogP contribution is -2.26. The molecule has 0 rings (SSSR count). The van der Waals surface area contributed by atoms with Crippen molar-refractivity contribution < 1.29 is 19.1 Å². The highest BCUT2D eigenvalue weighted by Crippen LogP contribution is 1.92. The highest BCUT2D eigenvalue weighted by Gasteiger charge is 2.01. The fourth-order valence-electron chi connectivity index (χ4n) is 0.811. The zero-order valence-electron chi connectivity index (χ0n) is 9.32. The quantitative estimate of drug-likeness (QED) is 0.323. The first-order valence-electron chi connectivity index (χ1n) is 4.97. The van der Waals surface area contributed by atoms with E-state index >= 15 is 0 Å². The summed E-state index contributed by atoms with van der Waals surface area (Å²) in [6.45, 7) is 6.22. The number of carbonyl (C=O) groups is 1. The Labute approximate surface area is 90.0 Å². The number of hydrogen-bond donors (Lipinski definition) is 2. The Bertz CT molecular complexity index is 164. The zero-order chi connectivity index (χ0) is 11.5. The summed E-state index contributed by atoms with van der Waals surface area (Å²) in [5.41, 5.74) is 1.81. The zero-order valence-corrected chi connectivity index (χ0v) is 9.32. The van der Waals surface area contributed by atoms with Crippen molar-refractivity contribution in [3.05, 3.63) is 0 Å². The molecule has 0 aliphatic heterocycles. The maximum atomic E-state index is 10.7. The van der Waals surface area contributed by atoms with Crippen LogP contribution in [-0.2, 0) is 19.1 Å². The van der Waals surface area contributed by atoms with Crippen LogP contribution in [0.5, 0.6) is 0 Å². The summed E-state index contributed by atoms with van der Waals surface area (Å²) in [4.78, 5) is 15.0. The molecule has 6 nitrogen and oxygen atoms in total. The van der Waals surface area contributed by atoms with Gasteiger partial charge in [-0.05, 0) is 5.92 Å². The average Bonchev–Trinajstić information content (AvgIpc) is 2.16. The number of nitrogens with one attached hydrogen (secondary N) is 1. The van der Waals surface area contributed by atoms with E-state index in [0.717, 1.165) is 6.61 Å². The van der Waals surface area contributed by atoms with Crippen LogP contribution in [0.2, 0.25) is 0 Å². The molecule has 0 amide bonds. The van der Waals surface area contributed by atoms with E-state index in [2.05, 4.69) is 18.7 Å². The van der Waals surface area contributed by atoms with Crippen molar-refractivity contribution in [3.63, 3.8) is 0 Å². The summed E-state index contributed by atoms with van der Waals surface area (Å²) >= 11 is 0. The van der Waals surface area contributed by atoms with Gasteiger partial charge in [0.1, 0.15) is 0 Å². The van der Waals surface area contributed by atoms with Gasteiger partial charge >= 0.3 is 5.97 Å². The van der Waals surface area contributed by atoms with E-state index in [-0.39, 0.29) is 6.42 Å². The molecule has 0 spiro atoms. The van der Waals surface area contributed by atoms with Crippen molar-refractivity contribution in [3.8, 4) is 0 Å². The molecule has 0 saturated carbocycles. The van der Waals surface area contributed by atoms with E-state index < -0.39 is 5.97 Å². The minimum absolute atomic E-state index is 0.175. The molecule has 90 valence electrons. The molecule has 0 fully saturated rings. The molecule has 0 aliphatic rings. The van der Waals surface area contributed by atoms with Crippen LogP contribution in [0.25, 0.3) is 0 Å². The van der Waals surface area contributed by atoms with E-state index in [1.165, 1.54) is 0 Å². The normalized spacial score (nSPS) is 10.7. The molecule has 0 radical (unpaired) electrons. The summed E-state index contributed by atoms with van der Waals surface area (Å²) in [5.74, 6) is 4.85. The molecule has 0 unspecified atom stereocenters. The molecule has 0 atom stereocenters. The topological polar surface area (TPSA) is 82.8 Å². The molecule has 0 saturated heterocycles. The minimum Gasteiger partial charge on any atom is -0.379 e. The SMILES string of the molecule is CC(C)COCCOCCC(=O)ONN. The van der Waals surface area contributed by atoms with Crippen molar-refractivity contribution in [2.45, 2.75) is 20.3 Å². The van der Waals surface area contributed by atoms with Gasteiger partial charge in [-0.25, -0.2) is 5.84 Å². The monoisotopic (exact) mass is 220 g/mol. The molecule has 6 heteroatoms. The van der Waals surface area contributed by atoms with E-state index in [4.69, 9.17) is 15.3 Å². The summed E-state index contributed by atoms with van der Waals surface area (Å²) in [5, 5.41) is 0. The molecule has 0 heterocycles. The summed E-state index contributed by atoms with van der Waals surface area (Å²) < 4.78 is 10.4. The molecule has 15 heavy (non-hydrogen) atoms. The van der Waals surface area contributed by atoms with Gasteiger partial charge in [-0.2, -0.15) is 0 Å². The Kier molecular flexibility index (Phi) is 9.40. The van der Waals surface area contributed by atoms with Crippen LogP contribution < -0.4 is 11.4 Å². The third-order valence-electron chi connectivity index (χ3n) is 1.45. The van der Waals surface area contributed by atoms with Crippen molar-refractivity contribution in [1.29, 1.82) is 0 Å². The number of ether oxygens (including phenoxy) is 2. The predicted octanol–water partition coefficient (Wildman–Crippen LogP) is -0.0128. The second-order valence-electron chi connectivity index (χ2n) is 3.42. The van der Waals surface area contributed by atoms with Crippen molar-refractivity contribution in [2.75, 3.05) is 26.4 Å². The van der Waals surface area contributed by atoms with Crippen LogP contribution in [0.3, 0.4) is 0 Å². The second-order valence-corrected chi connectivity index (χ2v) is 3.42. The predicted molar refractivity (Wildman–Crippen MR) is 54.5 cm³/mol. The van der Waals surface area contributed by atoms with Crippen LogP contribution in [0.15, 0.2) is 0 Å². The Morgan fingerprint density at radius 2 is 1.93 bits per heavy atom. The standard InChI is InChI=1S/C9H20N2O4/c1-8(2)7-14-6-5-13-4-3-9(12)15-11-10/h8,11H,3-7,10H2,1-2H3. The lowest BCUT2D eigenvalue weighted by molar-refractivity contribution is -0.152. The van der Waals surface area contributed by atoms with E-state index in [1.54, 1.807) is 0 Å². The van der Waals surface area contributed by atoms with Crippen LogP contribution in [0.4, 0.5) is 0 Å². The van der Waals surface area contributed by atoms with Gasteiger partial charge in [-0.15, -0.1) is 0 Å². The Morgan fingerprint density at radius 1 is 1.27 bits per heavy atom. The van der Waals surface area contributed by atoms with Gasteiger partial charge < -0.3 is 14.3 Å². The fraction of sp³-hybridized carbons (Fsp3) is 0.889. The Balaban J connectivity index is 3.08. The van der Waals surface area contributed by atoms with Crippen LogP contribution >= 0.6 is 0 Å². The van der Waals surface area contributed by atoms with E-state index in [0.29, 0.717) is 25.7 Å². The summed E-state index contributed by atoms with van der Waals surface area (Å²) in [6, 6.07) is 0. The van der Waals surface area contributed by atoms with Gasteiger partial charge in [-0.1, -0.05) is 19.4 Å². The Hall–Kier alpha value is -0.690. The molecular weight excluding hydrogens is 200 g/mol. The molecule has 0 aromatic carbocycles. The van der Waals surface area contributed by atoms with Crippen molar-refractivity contribution in [1.82, 2.24) is 5.59 Å². The highest BCUT2D eigenvalue weighted by molar-refractivity contribution is 5.69. The lowest BCUT2D eigenvalue weighted by atomic mass is 10.2. The second kappa shape index (κ2) is 9.85. The number of nitrogens with two attached hydrogens (primary N) is 1.